The van der Waals surface area contributed by atoms with E-state index in [2.05, 4.69) is 26.0 Å². The van der Waals surface area contributed by atoms with E-state index in [1.165, 1.54) is 167 Å². The van der Waals surface area contributed by atoms with Crippen molar-refractivity contribution in [1.82, 2.24) is 0 Å². The molecule has 3 nitrogen and oxygen atoms in total. The summed E-state index contributed by atoms with van der Waals surface area (Å²) in [6.07, 6.45) is 43.8. The molecule has 0 fully saturated rings. The molecule has 0 aliphatic rings. The molecule has 234 valence electrons. The molecular weight excluding hydrogens is 478 g/mol. The zero-order chi connectivity index (χ0) is 28.9. The summed E-state index contributed by atoms with van der Waals surface area (Å²) in [6, 6.07) is 0. The Kier molecular flexibility index (Phi) is 40.6. The summed E-state index contributed by atoms with van der Waals surface area (Å²) in [5, 5.41) is 10.2. The van der Waals surface area contributed by atoms with Crippen LogP contribution in [0.25, 0.3) is 0 Å². The van der Waals surface area contributed by atoms with E-state index in [0.717, 1.165) is 25.8 Å². The minimum absolute atomic E-state index is 0.220. The fourth-order valence-electron chi connectivity index (χ4n) is 5.03. The van der Waals surface area contributed by atoms with Crippen LogP contribution in [0.2, 0.25) is 0 Å². The number of unbranched alkanes of at least 4 members (excludes halogenated alkanes) is 26. The summed E-state index contributed by atoms with van der Waals surface area (Å²) in [5.41, 5.74) is 5.48. The van der Waals surface area contributed by atoms with Gasteiger partial charge in [-0.15, -0.1) is 0 Å². The molecule has 2 N–H and O–H groups in total. The maximum atomic E-state index is 10.2. The van der Waals surface area contributed by atoms with Crippen LogP contribution in [0, 0.1) is 0 Å². The molecule has 0 amide bonds. The molecule has 0 heterocycles. The first-order chi connectivity index (χ1) is 19.2. The molecule has 0 aliphatic carbocycles. The van der Waals surface area contributed by atoms with Gasteiger partial charge in [0.2, 0.25) is 0 Å². The highest BCUT2D eigenvalue weighted by molar-refractivity contribution is 5.64. The van der Waals surface area contributed by atoms with E-state index in [4.69, 9.17) is 5.73 Å². The number of carbonyl (C=O) groups is 1. The lowest BCUT2D eigenvalue weighted by Gasteiger charge is -2.03. The number of allylic oxidation sites excluding steroid dienone is 2. The predicted molar refractivity (Wildman–Crippen MR) is 173 cm³/mol. The standard InChI is InChI=1S/C18H39N.C18H34O2/c1-2-3-4-5-6-7-8-9-10-11-12-13-14-15-16-17-18-19;1-2-3-4-5-6-7-8-9-10-11-12-13-14-15-16-17-18(19)20/h2-19H2,1H3;9-10H,2-8,11-17H2,1H3,(H,19,20)/p-1. The van der Waals surface area contributed by atoms with Crippen molar-refractivity contribution in [3.63, 3.8) is 0 Å². The summed E-state index contributed by atoms with van der Waals surface area (Å²) in [6.45, 7) is 5.42. The normalized spacial score (nSPS) is 11.2. The molecule has 0 unspecified atom stereocenters. The van der Waals surface area contributed by atoms with Gasteiger partial charge in [0, 0.05) is 5.97 Å². The zero-order valence-electron chi connectivity index (χ0n) is 27.0. The van der Waals surface area contributed by atoms with Gasteiger partial charge in [-0.3, -0.25) is 0 Å². The van der Waals surface area contributed by atoms with Gasteiger partial charge in [-0.05, 0) is 51.5 Å². The van der Waals surface area contributed by atoms with Crippen LogP contribution in [0.15, 0.2) is 12.2 Å². The van der Waals surface area contributed by atoms with E-state index in [1.807, 2.05) is 0 Å². The first-order valence-electron chi connectivity index (χ1n) is 17.7. The Morgan fingerprint density at radius 1 is 0.462 bits per heavy atom. The summed E-state index contributed by atoms with van der Waals surface area (Å²) in [7, 11) is 0. The minimum atomic E-state index is -0.914. The zero-order valence-corrected chi connectivity index (χ0v) is 27.0. The maximum absolute atomic E-state index is 10.2. The van der Waals surface area contributed by atoms with Gasteiger partial charge in [-0.25, -0.2) is 0 Å². The van der Waals surface area contributed by atoms with Gasteiger partial charge >= 0.3 is 0 Å². The quantitative estimate of drug-likeness (QED) is 0.0689. The topological polar surface area (TPSA) is 66.1 Å². The van der Waals surface area contributed by atoms with E-state index in [0.29, 0.717) is 0 Å². The predicted octanol–water partition coefficient (Wildman–Crippen LogP) is 11.0. The maximum Gasteiger partial charge on any atom is 0.0414 e. The van der Waals surface area contributed by atoms with Crippen molar-refractivity contribution in [3.05, 3.63) is 12.2 Å². The van der Waals surface area contributed by atoms with Crippen LogP contribution in [0.5, 0.6) is 0 Å². The molecule has 0 atom stereocenters. The van der Waals surface area contributed by atoms with Gasteiger partial charge in [0.1, 0.15) is 0 Å². The third kappa shape index (κ3) is 44.4. The van der Waals surface area contributed by atoms with Crippen molar-refractivity contribution >= 4 is 5.97 Å². The largest absolute Gasteiger partial charge is 0.550 e. The Morgan fingerprint density at radius 2 is 0.744 bits per heavy atom. The second-order valence-electron chi connectivity index (χ2n) is 11.8. The number of carboxylic acid groups (broad SMARTS) is 1. The van der Waals surface area contributed by atoms with Crippen LogP contribution < -0.4 is 10.8 Å². The van der Waals surface area contributed by atoms with Crippen LogP contribution in [-0.4, -0.2) is 12.5 Å². The van der Waals surface area contributed by atoms with Crippen LogP contribution >= 0.6 is 0 Å². The summed E-state index contributed by atoms with van der Waals surface area (Å²) >= 11 is 0. The molecule has 0 saturated heterocycles. The number of hydrogen-bond donors (Lipinski definition) is 1. The smallest absolute Gasteiger partial charge is 0.0414 e. The molecule has 0 aromatic heterocycles. The van der Waals surface area contributed by atoms with Gasteiger partial charge in [-0.1, -0.05) is 174 Å². The van der Waals surface area contributed by atoms with Crippen molar-refractivity contribution in [2.24, 2.45) is 5.73 Å². The van der Waals surface area contributed by atoms with Gasteiger partial charge in [-0.2, -0.15) is 0 Å². The van der Waals surface area contributed by atoms with Crippen molar-refractivity contribution < 1.29 is 9.90 Å². The summed E-state index contributed by atoms with van der Waals surface area (Å²) in [4.78, 5) is 10.2. The highest BCUT2D eigenvalue weighted by Gasteiger charge is 1.94. The summed E-state index contributed by atoms with van der Waals surface area (Å²) in [5.74, 6) is -0.914. The molecule has 0 aliphatic heterocycles. The average molecular weight is 551 g/mol. The van der Waals surface area contributed by atoms with Crippen LogP contribution in [-0.2, 0) is 4.79 Å². The van der Waals surface area contributed by atoms with Gasteiger partial charge in [0.05, 0.1) is 0 Å². The first-order valence-corrected chi connectivity index (χ1v) is 17.7. The third-order valence-corrected chi connectivity index (χ3v) is 7.70. The molecule has 0 rings (SSSR count). The fourth-order valence-corrected chi connectivity index (χ4v) is 5.03. The molecule has 0 radical (unpaired) electrons. The van der Waals surface area contributed by atoms with Gasteiger partial charge in [0.15, 0.2) is 0 Å². The van der Waals surface area contributed by atoms with Crippen LogP contribution in [0.1, 0.15) is 206 Å². The average Bonchev–Trinajstić information content (AvgIpc) is 2.93. The molecule has 0 bridgehead atoms. The van der Waals surface area contributed by atoms with Crippen LogP contribution in [0.3, 0.4) is 0 Å². The lowest BCUT2D eigenvalue weighted by Crippen LogP contribution is -2.21. The third-order valence-electron chi connectivity index (χ3n) is 7.70. The fraction of sp³-hybridized carbons (Fsp3) is 0.917. The monoisotopic (exact) mass is 551 g/mol. The van der Waals surface area contributed by atoms with E-state index in [1.54, 1.807) is 0 Å². The number of carbonyl (C=O) groups excluding carboxylic acids is 1. The molecule has 0 spiro atoms. The van der Waals surface area contributed by atoms with E-state index in [9.17, 15) is 9.90 Å². The number of nitrogens with two attached hydrogens (primary N) is 1. The SMILES string of the molecule is CCCCCCCCC=CCCCCCCCC(=O)[O-].CCCCCCCCCCCCCCCCCCN. The molecular formula is C36H72NO2-. The number of aliphatic carboxylic acids is 1. The Morgan fingerprint density at radius 3 is 1.05 bits per heavy atom. The molecule has 0 aromatic rings. The molecule has 0 saturated carbocycles. The Bertz CT molecular complexity index is 447. The van der Waals surface area contributed by atoms with Gasteiger partial charge < -0.3 is 15.6 Å². The minimum Gasteiger partial charge on any atom is -0.550 e. The van der Waals surface area contributed by atoms with E-state index >= 15 is 0 Å². The molecule has 3 heteroatoms. The highest BCUT2D eigenvalue weighted by Crippen LogP contribution is 2.14. The number of hydrogen-bond acceptors (Lipinski definition) is 3. The first kappa shape index (κ1) is 40.3. The second-order valence-corrected chi connectivity index (χ2v) is 11.8. The molecule has 39 heavy (non-hydrogen) atoms. The highest BCUT2D eigenvalue weighted by atomic mass is 16.4. The number of carboxylic acids is 1. The lowest BCUT2D eigenvalue weighted by atomic mass is 10.0. The van der Waals surface area contributed by atoms with Gasteiger partial charge in [0.25, 0.3) is 0 Å². The summed E-state index contributed by atoms with van der Waals surface area (Å²) < 4.78 is 0. The second kappa shape index (κ2) is 39.3. The Hall–Kier alpha value is -0.830. The Balaban J connectivity index is 0. The van der Waals surface area contributed by atoms with E-state index < -0.39 is 5.97 Å². The van der Waals surface area contributed by atoms with E-state index in [-0.39, 0.29) is 6.42 Å². The Labute approximate surface area is 246 Å². The van der Waals surface area contributed by atoms with Crippen molar-refractivity contribution in [1.29, 1.82) is 0 Å². The van der Waals surface area contributed by atoms with Crippen molar-refractivity contribution in [2.75, 3.05) is 6.54 Å². The molecule has 0 aromatic carbocycles. The number of rotatable bonds is 31. The van der Waals surface area contributed by atoms with Crippen molar-refractivity contribution in [3.8, 4) is 0 Å². The lowest BCUT2D eigenvalue weighted by molar-refractivity contribution is -0.305. The van der Waals surface area contributed by atoms with Crippen LogP contribution in [0.4, 0.5) is 0 Å². The van der Waals surface area contributed by atoms with Crippen molar-refractivity contribution in [2.45, 2.75) is 206 Å².